The topological polar surface area (TPSA) is 147 Å². The number of benzene rings is 1. The van der Waals surface area contributed by atoms with Gasteiger partial charge in [0.1, 0.15) is 30.7 Å². The van der Waals surface area contributed by atoms with Gasteiger partial charge < -0.3 is 34.9 Å². The summed E-state index contributed by atoms with van der Waals surface area (Å²) in [5.74, 6) is -0.148. The van der Waals surface area contributed by atoms with E-state index < -0.39 is 42.5 Å². The van der Waals surface area contributed by atoms with Crippen LogP contribution >= 0.6 is 0 Å². The largest absolute Gasteiger partial charge is 0.463 e. The molecule has 12 nitrogen and oxygen atoms in total. The number of fused-ring (bicyclic) bond motifs is 1. The lowest BCUT2D eigenvalue weighted by molar-refractivity contribution is -0.173. The highest BCUT2D eigenvalue weighted by Crippen LogP contribution is 2.46. The van der Waals surface area contributed by atoms with Crippen LogP contribution in [0.4, 0.5) is 27.7 Å². The van der Waals surface area contributed by atoms with E-state index >= 15 is 4.39 Å². The molecule has 0 spiro atoms. The van der Waals surface area contributed by atoms with Crippen molar-refractivity contribution in [2.45, 2.75) is 70.7 Å². The van der Waals surface area contributed by atoms with Crippen LogP contribution in [0.25, 0.3) is 0 Å². The summed E-state index contributed by atoms with van der Waals surface area (Å²) in [7, 11) is 1.66. The second kappa shape index (κ2) is 11.1. The van der Waals surface area contributed by atoms with Crippen molar-refractivity contribution in [3.63, 3.8) is 0 Å². The summed E-state index contributed by atoms with van der Waals surface area (Å²) in [6.45, 7) is 5.49. The van der Waals surface area contributed by atoms with Crippen molar-refractivity contribution in [3.8, 4) is 0 Å². The average molecular weight is 533 g/mol. The van der Waals surface area contributed by atoms with E-state index in [-0.39, 0.29) is 24.9 Å². The minimum atomic E-state index is -2.18. The first-order valence-corrected chi connectivity index (χ1v) is 12.3. The predicted octanol–water partition coefficient (Wildman–Crippen LogP) is 2.02. The molecule has 0 aliphatic carbocycles. The molecule has 2 unspecified atom stereocenters. The zero-order chi connectivity index (χ0) is 27.6. The maximum atomic E-state index is 16.5. The first kappa shape index (κ1) is 27.5. The number of halogens is 1. The smallest absolute Gasteiger partial charge is 0.310 e. The van der Waals surface area contributed by atoms with Crippen LogP contribution in [0.15, 0.2) is 30.3 Å². The van der Waals surface area contributed by atoms with Crippen LogP contribution in [-0.2, 0) is 30.2 Å². The Morgan fingerprint density at radius 1 is 1.32 bits per heavy atom. The molecule has 1 aromatic carbocycles. The molecule has 2 aromatic rings. The molecule has 3 heterocycles. The molecule has 206 valence electrons. The minimum absolute atomic E-state index is 0.0308. The molecule has 38 heavy (non-hydrogen) atoms. The summed E-state index contributed by atoms with van der Waals surface area (Å²) < 4.78 is 33.6. The van der Waals surface area contributed by atoms with Gasteiger partial charge in [-0.3, -0.25) is 14.9 Å². The molecule has 1 fully saturated rings. The highest BCUT2D eigenvalue weighted by Gasteiger charge is 2.60. The normalized spacial score (nSPS) is 26.9. The number of esters is 1. The van der Waals surface area contributed by atoms with E-state index in [4.69, 9.17) is 14.2 Å². The molecule has 1 aromatic heterocycles. The van der Waals surface area contributed by atoms with Crippen LogP contribution in [-0.4, -0.2) is 77.2 Å². The van der Waals surface area contributed by atoms with Gasteiger partial charge in [0, 0.05) is 14.0 Å². The molecule has 6 atom stereocenters. The van der Waals surface area contributed by atoms with Gasteiger partial charge in [0.15, 0.2) is 29.8 Å². The number of aromatic nitrogens is 2. The summed E-state index contributed by atoms with van der Waals surface area (Å²) in [4.78, 5) is 34.4. The van der Waals surface area contributed by atoms with Gasteiger partial charge in [-0.1, -0.05) is 30.3 Å². The highest BCUT2D eigenvalue weighted by molar-refractivity contribution is 5.89. The number of nitrogens with zero attached hydrogens (tertiary/aromatic N) is 3. The number of alkyl halides is 1. The van der Waals surface area contributed by atoms with Gasteiger partial charge in [-0.25, -0.2) is 4.39 Å². The molecular formula is C25H33FN6O6. The third-order valence-electron chi connectivity index (χ3n) is 6.31. The van der Waals surface area contributed by atoms with Crippen LogP contribution in [0.3, 0.4) is 0 Å². The predicted molar refractivity (Wildman–Crippen MR) is 137 cm³/mol. The minimum Gasteiger partial charge on any atom is -0.463 e. The number of carbonyl (C=O) groups is 2. The van der Waals surface area contributed by atoms with Gasteiger partial charge in [0.25, 0.3) is 0 Å². The van der Waals surface area contributed by atoms with Gasteiger partial charge >= 0.3 is 5.97 Å². The van der Waals surface area contributed by atoms with Gasteiger partial charge in [-0.05, 0) is 26.3 Å². The monoisotopic (exact) mass is 532 g/mol. The Kier molecular flexibility index (Phi) is 7.99. The molecule has 0 radical (unpaired) electrons. The lowest BCUT2D eigenvalue weighted by Crippen LogP contribution is -2.54. The van der Waals surface area contributed by atoms with Gasteiger partial charge in [0.2, 0.25) is 11.9 Å². The fourth-order valence-corrected chi connectivity index (χ4v) is 4.70. The standard InChI is InChI=1S/C25H33FN6O6/c1-13-28-19-21(27-5)30-24(29-14(2)33)31-22(19)32(13)23-25(4,26)20(37-15(3)34)17(38-23)12-36-18(35)11-16-9-7-6-8-10-16/h6-10,13,15,17,20,23,28,34H,11-12H2,1-5H3,(H2,27,29,30,31,33)/t13?,15?,17-,20-,23-,25-/m1/s1. The molecule has 4 rings (SSSR count). The number of anilines is 4. The second-order valence-corrected chi connectivity index (χ2v) is 9.43. The van der Waals surface area contributed by atoms with Gasteiger partial charge in [0.05, 0.1) is 6.42 Å². The van der Waals surface area contributed by atoms with Crippen LogP contribution in [0.1, 0.15) is 33.3 Å². The summed E-state index contributed by atoms with van der Waals surface area (Å²) in [6.07, 6.45) is -5.30. The van der Waals surface area contributed by atoms with Crippen LogP contribution in [0.5, 0.6) is 0 Å². The molecule has 4 N–H and O–H groups in total. The Morgan fingerprint density at radius 3 is 2.66 bits per heavy atom. The van der Waals surface area contributed by atoms with Gasteiger partial charge in [-0.15, -0.1) is 0 Å². The fraction of sp³-hybridized carbons (Fsp3) is 0.520. The van der Waals surface area contributed by atoms with Crippen molar-refractivity contribution < 1.29 is 33.3 Å². The number of carbonyl (C=O) groups excluding carboxylic acids is 2. The van der Waals surface area contributed by atoms with Crippen molar-refractivity contribution >= 4 is 35.1 Å². The van der Waals surface area contributed by atoms with Crippen LogP contribution in [0.2, 0.25) is 0 Å². The number of ether oxygens (including phenoxy) is 3. The van der Waals surface area contributed by atoms with E-state index in [0.717, 1.165) is 5.56 Å². The van der Waals surface area contributed by atoms with E-state index in [9.17, 15) is 14.7 Å². The van der Waals surface area contributed by atoms with E-state index in [2.05, 4.69) is 25.9 Å². The number of amides is 1. The summed E-state index contributed by atoms with van der Waals surface area (Å²) in [6, 6.07) is 9.08. The van der Waals surface area contributed by atoms with Gasteiger partial charge in [-0.2, -0.15) is 9.97 Å². The zero-order valence-electron chi connectivity index (χ0n) is 21.9. The van der Waals surface area contributed by atoms with E-state index in [0.29, 0.717) is 17.3 Å². The fourth-order valence-electron chi connectivity index (χ4n) is 4.70. The van der Waals surface area contributed by atoms with Crippen molar-refractivity contribution in [3.05, 3.63) is 35.9 Å². The van der Waals surface area contributed by atoms with Crippen LogP contribution in [0, 0.1) is 0 Å². The van der Waals surface area contributed by atoms with Crippen molar-refractivity contribution in [1.82, 2.24) is 9.97 Å². The van der Waals surface area contributed by atoms with E-state index in [1.165, 1.54) is 20.8 Å². The number of aliphatic hydroxyl groups is 1. The first-order valence-electron chi connectivity index (χ1n) is 12.3. The number of rotatable bonds is 9. The molecule has 2 aliphatic rings. The van der Waals surface area contributed by atoms with Crippen molar-refractivity contribution in [1.29, 1.82) is 0 Å². The average Bonchev–Trinajstić information content (AvgIpc) is 3.29. The molecule has 0 saturated carbocycles. The van der Waals surface area contributed by atoms with Crippen molar-refractivity contribution in [2.24, 2.45) is 0 Å². The zero-order valence-corrected chi connectivity index (χ0v) is 21.9. The molecule has 1 amide bonds. The van der Waals surface area contributed by atoms with E-state index in [1.807, 2.05) is 18.2 Å². The molecule has 1 saturated heterocycles. The highest BCUT2D eigenvalue weighted by atomic mass is 19.1. The lowest BCUT2D eigenvalue weighted by Gasteiger charge is -2.35. The molecule has 13 heteroatoms. The quantitative estimate of drug-likeness (QED) is 0.278. The summed E-state index contributed by atoms with van der Waals surface area (Å²) in [5.41, 5.74) is -0.901. The Hall–Kier alpha value is -3.55. The number of nitrogens with one attached hydrogen (secondary N) is 3. The summed E-state index contributed by atoms with van der Waals surface area (Å²) in [5, 5.41) is 18.6. The molecule has 0 bridgehead atoms. The SMILES string of the molecule is CNc1nc(NC(C)=O)nc2c1NC(C)N2[C@@H]1O[C@H](COC(=O)Cc2ccccc2)[C@@H](OC(C)O)[C@@]1(C)F. The second-order valence-electron chi connectivity index (χ2n) is 9.43. The Morgan fingerprint density at radius 2 is 2.03 bits per heavy atom. The Bertz CT molecular complexity index is 1170. The third-order valence-corrected chi connectivity index (χ3v) is 6.31. The number of hydrogen-bond acceptors (Lipinski definition) is 11. The maximum Gasteiger partial charge on any atom is 0.310 e. The third kappa shape index (κ3) is 5.64. The van der Waals surface area contributed by atoms with Crippen molar-refractivity contribution in [2.75, 3.05) is 34.5 Å². The Balaban J connectivity index is 1.60. The Labute approximate surface area is 219 Å². The maximum absolute atomic E-state index is 16.5. The van der Waals surface area contributed by atoms with E-state index in [1.54, 1.807) is 31.0 Å². The number of aliphatic hydroxyl groups excluding tert-OH is 1. The molecular weight excluding hydrogens is 499 g/mol. The summed E-state index contributed by atoms with van der Waals surface area (Å²) >= 11 is 0. The first-order chi connectivity index (χ1) is 18.0. The molecule has 2 aliphatic heterocycles. The number of hydrogen-bond donors (Lipinski definition) is 4. The van der Waals surface area contributed by atoms with Crippen LogP contribution < -0.4 is 20.9 Å². The lowest BCUT2D eigenvalue weighted by atomic mass is 9.97.